The molecule has 2 atom stereocenters. The highest BCUT2D eigenvalue weighted by molar-refractivity contribution is 7.21. The fourth-order valence-electron chi connectivity index (χ4n) is 5.56. The van der Waals surface area contributed by atoms with Crippen LogP contribution in [0, 0.1) is 12.7 Å². The zero-order valence-corrected chi connectivity index (χ0v) is 23.5. The Kier molecular flexibility index (Phi) is 6.99. The van der Waals surface area contributed by atoms with Crippen LogP contribution in [0.15, 0.2) is 40.2 Å². The Morgan fingerprint density at radius 2 is 1.93 bits per heavy atom. The molecule has 0 unspecified atom stereocenters. The van der Waals surface area contributed by atoms with E-state index in [1.165, 1.54) is 63.3 Å². The summed E-state index contributed by atoms with van der Waals surface area (Å²) in [6.07, 6.45) is 2.43. The third-order valence-corrected chi connectivity index (χ3v) is 9.12. The third-order valence-electron chi connectivity index (χ3n) is 7.84. The normalized spacial score (nSPS) is 21.4. The van der Waals surface area contributed by atoms with E-state index in [2.05, 4.69) is 10.2 Å². The van der Waals surface area contributed by atoms with Crippen molar-refractivity contribution >= 4 is 27.5 Å². The number of rotatable bonds is 8. The number of halogens is 1. The average molecular weight is 585 g/mol. The summed E-state index contributed by atoms with van der Waals surface area (Å²) >= 11 is 1.17. The Bertz CT molecular complexity index is 1740. The van der Waals surface area contributed by atoms with Gasteiger partial charge in [-0.3, -0.25) is 14.2 Å². The molecule has 1 N–H and O–H groups in total. The number of aromatic nitrogens is 5. The first-order valence-corrected chi connectivity index (χ1v) is 14.1. The molecule has 6 rings (SSSR count). The molecule has 0 radical (unpaired) electrons. The van der Waals surface area contributed by atoms with E-state index in [1.54, 1.807) is 14.0 Å². The third kappa shape index (κ3) is 4.65. The number of aliphatic hydroxyl groups excluding tert-OH is 1. The number of likely N-dealkylation sites (N-methyl/N-ethyl adjacent to an activating group) is 1. The van der Waals surface area contributed by atoms with Crippen molar-refractivity contribution in [2.45, 2.75) is 57.1 Å². The van der Waals surface area contributed by atoms with Gasteiger partial charge in [0.1, 0.15) is 33.5 Å². The number of ether oxygens (including phenoxy) is 2. The summed E-state index contributed by atoms with van der Waals surface area (Å²) < 4.78 is 28.8. The molecule has 1 aliphatic carbocycles. The Hall–Kier alpha value is -3.88. The lowest BCUT2D eigenvalue weighted by Gasteiger charge is -2.35. The van der Waals surface area contributed by atoms with Crippen molar-refractivity contribution in [1.82, 2.24) is 29.0 Å². The molecule has 2 fully saturated rings. The van der Waals surface area contributed by atoms with Crippen molar-refractivity contribution < 1.29 is 23.8 Å². The van der Waals surface area contributed by atoms with Gasteiger partial charge in [0.15, 0.2) is 0 Å². The number of thiophene rings is 1. The van der Waals surface area contributed by atoms with E-state index in [-0.39, 0.29) is 23.9 Å². The molecule has 0 spiro atoms. The second-order valence-electron chi connectivity index (χ2n) is 10.4. The number of fused-ring (bicyclic) bond motifs is 1. The SMILES string of the molecule is COc1ccc(F)cc1[C@H](Cn1c(=O)n([C@@H]2CCN(C)C2=O)c(=O)c2c(C)c(-n3nccn3)sc21)OC1CC(O)C1. The summed E-state index contributed by atoms with van der Waals surface area (Å²) in [5, 5.41) is 19.1. The fraction of sp³-hybridized carbons (Fsp3) is 0.444. The molecule has 1 saturated carbocycles. The molecule has 4 aromatic rings. The first-order valence-electron chi connectivity index (χ1n) is 13.2. The highest BCUT2D eigenvalue weighted by Gasteiger charge is 2.36. The predicted octanol–water partition coefficient (Wildman–Crippen LogP) is 1.95. The summed E-state index contributed by atoms with van der Waals surface area (Å²) in [5.74, 6) is -0.464. The van der Waals surface area contributed by atoms with E-state index in [1.807, 2.05) is 0 Å². The minimum Gasteiger partial charge on any atom is -0.496 e. The van der Waals surface area contributed by atoms with E-state index in [9.17, 15) is 23.9 Å². The standard InChI is InChI=1S/C27H29FN6O6S/c1-14-22-24(37)33(19-6-9-31(2)23(19)36)27(38)32(26(22)41-25(14)34-29-7-8-30-34)13-21(40-17-11-16(35)12-17)18-10-15(28)4-5-20(18)39-3/h4-5,7-8,10,16-17,19,21,35H,6,9,11-13H2,1-3H3/t16?,17?,19-,21+/m1/s1. The second-order valence-corrected chi connectivity index (χ2v) is 11.4. The van der Waals surface area contributed by atoms with Crippen molar-refractivity contribution in [1.29, 1.82) is 0 Å². The van der Waals surface area contributed by atoms with Crippen LogP contribution in [-0.2, 0) is 16.1 Å². The van der Waals surface area contributed by atoms with E-state index in [0.717, 1.165) is 4.57 Å². The molecule has 0 bridgehead atoms. The Morgan fingerprint density at radius 3 is 2.56 bits per heavy atom. The molecule has 14 heteroatoms. The Labute approximate surface area is 237 Å². The molecule has 1 saturated heterocycles. The number of hydrogen-bond donors (Lipinski definition) is 1. The Morgan fingerprint density at radius 1 is 1.20 bits per heavy atom. The van der Waals surface area contributed by atoms with Crippen LogP contribution in [0.2, 0.25) is 0 Å². The summed E-state index contributed by atoms with van der Waals surface area (Å²) in [6.45, 7) is 2.05. The lowest BCUT2D eigenvalue weighted by atomic mass is 9.92. The van der Waals surface area contributed by atoms with Gasteiger partial charge in [-0.25, -0.2) is 13.8 Å². The van der Waals surface area contributed by atoms with Crippen LogP contribution < -0.4 is 16.0 Å². The summed E-state index contributed by atoms with van der Waals surface area (Å²) in [6, 6.07) is 3.10. The van der Waals surface area contributed by atoms with Crippen LogP contribution in [0.4, 0.5) is 4.39 Å². The van der Waals surface area contributed by atoms with Gasteiger partial charge in [-0.15, -0.1) is 4.80 Å². The van der Waals surface area contributed by atoms with Gasteiger partial charge in [-0.05, 0) is 44.4 Å². The van der Waals surface area contributed by atoms with E-state index >= 15 is 0 Å². The topological polar surface area (TPSA) is 134 Å². The molecule has 1 amide bonds. The largest absolute Gasteiger partial charge is 0.496 e. The van der Waals surface area contributed by atoms with Crippen LogP contribution in [0.25, 0.3) is 15.2 Å². The highest BCUT2D eigenvalue weighted by atomic mass is 32.1. The quantitative estimate of drug-likeness (QED) is 0.332. The van der Waals surface area contributed by atoms with Crippen molar-refractivity contribution in [3.8, 4) is 10.8 Å². The molecular weight excluding hydrogens is 555 g/mol. The van der Waals surface area contributed by atoms with Crippen molar-refractivity contribution in [2.24, 2.45) is 0 Å². The van der Waals surface area contributed by atoms with Gasteiger partial charge in [-0.1, -0.05) is 11.3 Å². The maximum Gasteiger partial charge on any atom is 0.332 e. The molecular formula is C27H29FN6O6S. The molecule has 12 nitrogen and oxygen atoms in total. The lowest BCUT2D eigenvalue weighted by molar-refractivity contribution is -0.129. The van der Waals surface area contributed by atoms with Crippen LogP contribution in [0.1, 0.15) is 42.5 Å². The van der Waals surface area contributed by atoms with Crippen LogP contribution >= 0.6 is 11.3 Å². The van der Waals surface area contributed by atoms with Gasteiger partial charge in [0.05, 0.1) is 43.6 Å². The number of amides is 1. The molecule has 41 heavy (non-hydrogen) atoms. The molecule has 216 valence electrons. The maximum atomic E-state index is 14.5. The molecule has 3 aromatic heterocycles. The van der Waals surface area contributed by atoms with Gasteiger partial charge >= 0.3 is 5.69 Å². The zero-order valence-electron chi connectivity index (χ0n) is 22.7. The van der Waals surface area contributed by atoms with E-state index in [0.29, 0.717) is 52.5 Å². The van der Waals surface area contributed by atoms with Gasteiger partial charge in [0.25, 0.3) is 5.56 Å². The van der Waals surface area contributed by atoms with Crippen LogP contribution in [0.3, 0.4) is 0 Å². The molecule has 2 aliphatic rings. The number of aryl methyl sites for hydroxylation is 1. The Balaban J connectivity index is 1.57. The number of methoxy groups -OCH3 is 1. The predicted molar refractivity (Wildman–Crippen MR) is 147 cm³/mol. The van der Waals surface area contributed by atoms with Crippen LogP contribution in [0.5, 0.6) is 5.75 Å². The molecule has 4 heterocycles. The highest BCUT2D eigenvalue weighted by Crippen LogP contribution is 2.37. The van der Waals surface area contributed by atoms with E-state index in [4.69, 9.17) is 9.47 Å². The first-order chi connectivity index (χ1) is 19.7. The summed E-state index contributed by atoms with van der Waals surface area (Å²) in [5.41, 5.74) is -0.291. The average Bonchev–Trinajstić information content (AvgIpc) is 3.66. The number of carbonyl (C=O) groups is 1. The minimum atomic E-state index is -0.953. The van der Waals surface area contributed by atoms with E-state index < -0.39 is 35.3 Å². The van der Waals surface area contributed by atoms with Crippen LogP contribution in [-0.4, -0.2) is 73.0 Å². The fourth-order valence-corrected chi connectivity index (χ4v) is 6.78. The lowest BCUT2D eigenvalue weighted by Crippen LogP contribution is -2.45. The smallest absolute Gasteiger partial charge is 0.332 e. The number of carbonyl (C=O) groups excluding carboxylic acids is 1. The number of likely N-dealkylation sites (tertiary alicyclic amines) is 1. The maximum absolute atomic E-state index is 14.5. The monoisotopic (exact) mass is 584 g/mol. The summed E-state index contributed by atoms with van der Waals surface area (Å²) in [4.78, 5) is 44.4. The minimum absolute atomic E-state index is 0.106. The molecule has 1 aliphatic heterocycles. The summed E-state index contributed by atoms with van der Waals surface area (Å²) in [7, 11) is 3.09. The zero-order chi connectivity index (χ0) is 29.0. The van der Waals surface area contributed by atoms with Crippen molar-refractivity contribution in [2.75, 3.05) is 20.7 Å². The van der Waals surface area contributed by atoms with Gasteiger partial charge < -0.3 is 19.5 Å². The number of benzene rings is 1. The second kappa shape index (κ2) is 10.5. The first kappa shape index (κ1) is 27.3. The number of aliphatic hydroxyl groups is 1. The molecule has 1 aromatic carbocycles. The van der Waals surface area contributed by atoms with Crippen molar-refractivity contribution in [3.63, 3.8) is 0 Å². The van der Waals surface area contributed by atoms with Gasteiger partial charge in [-0.2, -0.15) is 10.2 Å². The number of hydrogen-bond acceptors (Lipinski definition) is 9. The van der Waals surface area contributed by atoms with Crippen molar-refractivity contribution in [3.05, 3.63) is 68.4 Å². The van der Waals surface area contributed by atoms with Gasteiger partial charge in [0.2, 0.25) is 5.91 Å². The van der Waals surface area contributed by atoms with Gasteiger partial charge in [0, 0.05) is 24.7 Å². The number of nitrogens with zero attached hydrogens (tertiary/aromatic N) is 6.